The predicted molar refractivity (Wildman–Crippen MR) is 18.7 cm³/mol. The molecule has 11 heteroatoms. The van der Waals surface area contributed by atoms with Gasteiger partial charge >= 0.3 is 64.6 Å². The quantitative estimate of drug-likeness (QED) is 0.310. The number of hydrogen-bond acceptors (Lipinski definition) is 7. The predicted octanol–water partition coefficient (Wildman–Crippen LogP) is -1.49. The molecule has 0 saturated carbocycles. The molecule has 0 aromatic rings. The molecule has 0 bridgehead atoms. The maximum absolute atomic E-state index is 8.58. The van der Waals surface area contributed by atoms with Crippen LogP contribution in [0.15, 0.2) is 0 Å². The van der Waals surface area contributed by atoms with Gasteiger partial charge in [-0.1, -0.05) is 0 Å². The van der Waals surface area contributed by atoms with Crippen molar-refractivity contribution in [3.63, 3.8) is 0 Å². The molecule has 0 radical (unpaired) electrons. The van der Waals surface area contributed by atoms with Gasteiger partial charge in [-0.25, -0.2) is 0 Å². The van der Waals surface area contributed by atoms with Gasteiger partial charge in [0.15, 0.2) is 0 Å². The molecule has 0 heterocycles. The fourth-order valence-corrected chi connectivity index (χ4v) is 0. The van der Waals surface area contributed by atoms with Gasteiger partial charge in [0.1, 0.15) is 0 Å². The zero-order valence-corrected chi connectivity index (χ0v) is 13.8. The second-order valence-corrected chi connectivity index (χ2v) is 1.80. The van der Waals surface area contributed by atoms with E-state index < -0.39 is 61.8 Å². The third-order valence-corrected chi connectivity index (χ3v) is 0. The summed E-state index contributed by atoms with van der Waals surface area (Å²) in [6.07, 6.45) is -2.33. The monoisotopic (exact) mass is 632 g/mol. The van der Waals surface area contributed by atoms with Gasteiger partial charge in [-0.2, -0.15) is 0 Å². The molecule has 12 heavy (non-hydrogen) atoms. The molecule has 0 rings (SSSR count). The summed E-state index contributed by atoms with van der Waals surface area (Å²) in [5.74, 6) is 0. The molecule has 0 fully saturated rings. The minimum atomic E-state index is -2.51. The van der Waals surface area contributed by atoms with Crippen molar-refractivity contribution in [1.29, 1.82) is 0 Å². The van der Waals surface area contributed by atoms with E-state index in [-0.39, 0.29) is 12.3 Å². The van der Waals surface area contributed by atoms with Crippen LogP contribution >= 0.6 is 0 Å². The molecule has 0 aromatic heterocycles. The van der Waals surface area contributed by atoms with E-state index in [0.29, 0.717) is 0 Å². The van der Waals surface area contributed by atoms with Gasteiger partial charge in [0.05, 0.1) is 0 Å². The van der Waals surface area contributed by atoms with Gasteiger partial charge in [0.2, 0.25) is 0 Å². The summed E-state index contributed by atoms with van der Waals surface area (Å²) in [6.45, 7) is 0. The first-order chi connectivity index (χ1) is 4.56. The third-order valence-electron chi connectivity index (χ3n) is 0. The molecule has 0 saturated heterocycles. The van der Waals surface area contributed by atoms with Crippen LogP contribution in [0.3, 0.4) is 0 Å². The molecule has 4 N–H and O–H groups in total. The first kappa shape index (κ1) is 29.4. The van der Waals surface area contributed by atoms with Gasteiger partial charge in [-0.05, 0) is 6.16 Å². The summed E-state index contributed by atoms with van der Waals surface area (Å²) in [6, 6.07) is 0. The standard InChI is InChI=1S/CH2O3.2H2N.4O.2U/c2-1(3)4;;;;;;;;/h(H2,2,3,4);2*1H2;;;;;;/q;2*-1;;;;;2*+2/p-2. The Kier molecular flexibility index (Phi) is 103. The Labute approximate surface area is 96.9 Å². The summed E-state index contributed by atoms with van der Waals surface area (Å²) in [4.78, 5) is 8.33. The Hall–Kier alpha value is 0.494. The van der Waals surface area contributed by atoms with Crippen molar-refractivity contribution in [3.05, 3.63) is 12.3 Å². The van der Waals surface area contributed by atoms with E-state index in [9.17, 15) is 0 Å². The molecule has 68 valence electrons. The summed E-state index contributed by atoms with van der Waals surface area (Å²) < 4.78 is 34.3. The number of carboxylic acid groups (broad SMARTS) is 2. The SMILES string of the molecule is O=C([O-])[O-].[NH2-].[NH2-].[O]=[U+2]=[O].[O]=[U+2]=[O]. The van der Waals surface area contributed by atoms with E-state index in [1.165, 1.54) is 0 Å². The molecule has 0 spiro atoms. The second-order valence-electron chi connectivity index (χ2n) is 0.417. The van der Waals surface area contributed by atoms with Crippen LogP contribution < -0.4 is 10.2 Å². The van der Waals surface area contributed by atoms with Crippen molar-refractivity contribution in [2.75, 3.05) is 0 Å². The minimum absolute atomic E-state index is 0. The van der Waals surface area contributed by atoms with Gasteiger partial charge < -0.3 is 27.3 Å². The number of nitrogens with two attached hydrogens (primary N) is 2. The summed E-state index contributed by atoms with van der Waals surface area (Å²) >= 11 is -5.01. The third kappa shape index (κ3) is 3880. The summed E-state index contributed by atoms with van der Waals surface area (Å²) in [7, 11) is 0. The van der Waals surface area contributed by atoms with Crippen LogP contribution in [0.5, 0.6) is 0 Å². The van der Waals surface area contributed by atoms with Crippen molar-refractivity contribution in [1.82, 2.24) is 0 Å². The van der Waals surface area contributed by atoms with E-state index in [1.54, 1.807) is 0 Å². The van der Waals surface area contributed by atoms with Gasteiger partial charge in [0.25, 0.3) is 0 Å². The number of rotatable bonds is 0. The van der Waals surface area contributed by atoms with Crippen molar-refractivity contribution in [3.8, 4) is 0 Å². The molecule has 0 atom stereocenters. The molecule has 0 amide bonds. The van der Waals surface area contributed by atoms with Crippen LogP contribution in [0.25, 0.3) is 12.3 Å². The van der Waals surface area contributed by atoms with E-state index in [1.807, 2.05) is 0 Å². The molecular weight excluding hydrogens is 628 g/mol. The number of carbonyl (C=O) groups is 1. The van der Waals surface area contributed by atoms with Crippen molar-refractivity contribution < 1.29 is 79.6 Å². The van der Waals surface area contributed by atoms with Crippen LogP contribution in [0.2, 0.25) is 0 Å². The first-order valence-electron chi connectivity index (χ1n) is 1.43. The van der Waals surface area contributed by atoms with Crippen LogP contribution in [0.1, 0.15) is 0 Å². The average Bonchev–Trinajstić information content (AvgIpc) is 1.65. The topological polar surface area (TPSA) is 198 Å². The Morgan fingerprint density at radius 3 is 0.833 bits per heavy atom. The van der Waals surface area contributed by atoms with E-state index in [4.69, 9.17) is 24.0 Å². The number of hydrogen-bond donors (Lipinski definition) is 0. The maximum atomic E-state index is 8.58. The van der Waals surface area contributed by atoms with Crippen LogP contribution in [-0.4, -0.2) is 6.16 Å². The Bertz CT molecular complexity index is 129. The zero-order chi connectivity index (χ0) is 8.99. The Balaban J connectivity index is -0.0000000191. The molecule has 0 aliphatic rings. The normalized spacial score (nSPS) is 3.33. The fraction of sp³-hybridized carbons (Fsp3) is 0. The molecule has 9 nitrogen and oxygen atoms in total. The summed E-state index contributed by atoms with van der Waals surface area (Å²) in [5, 5.41) is 16.7. The van der Waals surface area contributed by atoms with E-state index in [2.05, 4.69) is 0 Å². The molecular formula is CH4N2O7U2. The van der Waals surface area contributed by atoms with E-state index in [0.717, 1.165) is 0 Å². The van der Waals surface area contributed by atoms with Crippen molar-refractivity contribution in [2.24, 2.45) is 0 Å². The van der Waals surface area contributed by atoms with Gasteiger partial charge in [-0.3, -0.25) is 0 Å². The van der Waals surface area contributed by atoms with Gasteiger partial charge in [-0.15, -0.1) is 0 Å². The molecule has 0 aliphatic heterocycles. The van der Waals surface area contributed by atoms with Crippen LogP contribution in [-0.2, 0) is 8.94 Å². The number of carbonyl (C=O) groups excluding carboxylic acids is 1. The van der Waals surface area contributed by atoms with Crippen LogP contribution in [0, 0.1) is 55.6 Å². The fourth-order valence-electron chi connectivity index (χ4n) is 0. The summed E-state index contributed by atoms with van der Waals surface area (Å²) in [5.41, 5.74) is 0. The molecule has 0 aromatic carbocycles. The van der Waals surface area contributed by atoms with Crippen molar-refractivity contribution >= 4 is 6.16 Å². The van der Waals surface area contributed by atoms with E-state index >= 15 is 0 Å². The average molecular weight is 632 g/mol. The molecule has 0 aliphatic carbocycles. The van der Waals surface area contributed by atoms with Crippen LogP contribution in [0.4, 0.5) is 4.79 Å². The molecule has 0 unspecified atom stereocenters. The van der Waals surface area contributed by atoms with Gasteiger partial charge in [0, 0.05) is 0 Å². The Morgan fingerprint density at radius 1 is 0.833 bits per heavy atom. The Morgan fingerprint density at radius 2 is 0.833 bits per heavy atom. The second kappa shape index (κ2) is 41.9. The first-order valence-corrected chi connectivity index (χ1v) is 8.23. The zero-order valence-electron chi connectivity index (χ0n) is 5.51. The van der Waals surface area contributed by atoms with Crippen molar-refractivity contribution in [2.45, 2.75) is 0 Å².